The fourth-order valence-corrected chi connectivity index (χ4v) is 7.19. The lowest BCUT2D eigenvalue weighted by Gasteiger charge is -2.32. The Hall–Kier alpha value is -4.96. The van der Waals surface area contributed by atoms with Gasteiger partial charge in [0.15, 0.2) is 11.5 Å². The summed E-state index contributed by atoms with van der Waals surface area (Å²) in [4.78, 5) is 0. The van der Waals surface area contributed by atoms with E-state index < -0.39 is 0 Å². The summed E-state index contributed by atoms with van der Waals surface area (Å²) in [5, 5.41) is 48.6. The first-order valence-electron chi connectivity index (χ1n) is 15.3. The van der Waals surface area contributed by atoms with Gasteiger partial charge < -0.3 is 20.4 Å². The molecule has 216 valence electrons. The maximum atomic E-state index is 11.9. The molecule has 0 fully saturated rings. The molecule has 1 atom stereocenters. The fourth-order valence-electron chi connectivity index (χ4n) is 7.19. The van der Waals surface area contributed by atoms with E-state index in [0.717, 1.165) is 28.7 Å². The molecule has 0 saturated heterocycles. The van der Waals surface area contributed by atoms with Crippen LogP contribution in [0.25, 0.3) is 49.4 Å². The van der Waals surface area contributed by atoms with Crippen molar-refractivity contribution < 1.29 is 20.4 Å². The number of phenolic OH excluding ortho intramolecular Hbond substituents is 4. The molecule has 7 rings (SSSR count). The van der Waals surface area contributed by atoms with Crippen LogP contribution in [0.3, 0.4) is 0 Å². The first-order valence-corrected chi connectivity index (χ1v) is 15.3. The molecule has 4 nitrogen and oxygen atoms in total. The number of phenols is 4. The summed E-state index contributed by atoms with van der Waals surface area (Å²) in [7, 11) is 7.20. The first kappa shape index (κ1) is 28.8. The van der Waals surface area contributed by atoms with Crippen LogP contribution in [0.2, 0.25) is 0 Å². The Morgan fingerprint density at radius 2 is 1.16 bits per heavy atom. The normalized spacial score (nSPS) is 17.4. The van der Waals surface area contributed by atoms with Crippen molar-refractivity contribution in [3.8, 4) is 45.3 Å². The van der Waals surface area contributed by atoms with Crippen molar-refractivity contribution in [1.29, 1.82) is 0 Å². The van der Waals surface area contributed by atoms with Crippen LogP contribution in [-0.4, -0.2) is 51.8 Å². The average Bonchev–Trinajstić information content (AvgIpc) is 3.06. The van der Waals surface area contributed by atoms with Gasteiger partial charge in [0.2, 0.25) is 0 Å². The molecule has 0 aromatic heterocycles. The third kappa shape index (κ3) is 4.19. The van der Waals surface area contributed by atoms with Crippen molar-refractivity contribution in [2.24, 2.45) is 5.41 Å². The first-order chi connectivity index (χ1) is 21.5. The second-order valence-electron chi connectivity index (χ2n) is 12.7. The van der Waals surface area contributed by atoms with Crippen LogP contribution in [0.15, 0.2) is 96.6 Å². The second-order valence-corrected chi connectivity index (χ2v) is 12.7. The van der Waals surface area contributed by atoms with Gasteiger partial charge in [-0.05, 0) is 72.9 Å². The summed E-state index contributed by atoms with van der Waals surface area (Å²) in [6.45, 7) is 2.25. The predicted octanol–water partition coefficient (Wildman–Crippen LogP) is 2.03. The minimum absolute atomic E-state index is 0.0254. The quantitative estimate of drug-likeness (QED) is 0.113. The van der Waals surface area contributed by atoms with Gasteiger partial charge in [-0.2, -0.15) is 0 Å². The third-order valence-electron chi connectivity index (χ3n) is 10.0. The van der Waals surface area contributed by atoms with Crippen LogP contribution >= 0.6 is 0 Å². The average molecular weight is 584 g/mol. The Kier molecular flexibility index (Phi) is 6.59. The summed E-state index contributed by atoms with van der Waals surface area (Å²) in [6, 6.07) is 17.9. The molecule has 2 aliphatic rings. The summed E-state index contributed by atoms with van der Waals surface area (Å²) in [5.41, 5.74) is 8.61. The van der Waals surface area contributed by atoms with Crippen molar-refractivity contribution in [1.82, 2.24) is 0 Å². The highest BCUT2D eigenvalue weighted by Gasteiger charge is 2.30. The lowest BCUT2D eigenvalue weighted by Crippen LogP contribution is -2.27. The van der Waals surface area contributed by atoms with Gasteiger partial charge in [-0.15, -0.1) is 0 Å². The van der Waals surface area contributed by atoms with E-state index in [4.69, 9.17) is 0 Å². The Labute approximate surface area is 266 Å². The van der Waals surface area contributed by atoms with Crippen LogP contribution in [0, 0.1) is 5.41 Å². The Morgan fingerprint density at radius 1 is 0.600 bits per heavy atom. The summed E-state index contributed by atoms with van der Waals surface area (Å²) in [6.07, 6.45) is 14.0. The molecule has 5 aromatic rings. The number of aromatic hydroxyl groups is 4. The van der Waals surface area contributed by atoms with E-state index in [2.05, 4.69) is 55.5 Å². The zero-order valence-corrected chi connectivity index (χ0v) is 26.2. The van der Waals surface area contributed by atoms with Gasteiger partial charge in [-0.1, -0.05) is 91.9 Å². The molecule has 45 heavy (non-hydrogen) atoms. The molecule has 8 heteroatoms. The Morgan fingerprint density at radius 3 is 1.78 bits per heavy atom. The third-order valence-corrected chi connectivity index (χ3v) is 10.0. The molecule has 4 N–H and O–H groups in total. The van der Waals surface area contributed by atoms with Crippen LogP contribution in [0.5, 0.6) is 23.0 Å². The molecule has 2 aliphatic carbocycles. The van der Waals surface area contributed by atoms with Gasteiger partial charge in [0.05, 0.1) is 0 Å². The van der Waals surface area contributed by atoms with Crippen molar-refractivity contribution in [2.75, 3.05) is 0 Å². The van der Waals surface area contributed by atoms with Gasteiger partial charge in [0.1, 0.15) is 42.9 Å². The molecule has 0 amide bonds. The van der Waals surface area contributed by atoms with E-state index in [9.17, 15) is 20.4 Å². The minimum Gasteiger partial charge on any atom is -0.508 e. The van der Waals surface area contributed by atoms with E-state index in [1.807, 2.05) is 50.3 Å². The van der Waals surface area contributed by atoms with Gasteiger partial charge in [-0.25, -0.2) is 0 Å². The number of fused-ring (bicyclic) bond motifs is 3. The van der Waals surface area contributed by atoms with Crippen molar-refractivity contribution in [3.63, 3.8) is 0 Å². The largest absolute Gasteiger partial charge is 0.508 e. The smallest absolute Gasteiger partial charge is 0.150 e. The lowest BCUT2D eigenvalue weighted by atomic mass is 9.70. The highest BCUT2D eigenvalue weighted by atomic mass is 16.3. The number of hydrogen-bond acceptors (Lipinski definition) is 4. The number of rotatable bonds is 3. The van der Waals surface area contributed by atoms with Crippen LogP contribution in [0.1, 0.15) is 18.9 Å². The molecule has 0 spiro atoms. The maximum Gasteiger partial charge on any atom is 0.150 e. The monoisotopic (exact) mass is 584 g/mol. The topological polar surface area (TPSA) is 80.9 Å². The van der Waals surface area contributed by atoms with Gasteiger partial charge in [0.25, 0.3) is 0 Å². The van der Waals surface area contributed by atoms with Gasteiger partial charge >= 0.3 is 0 Å². The van der Waals surface area contributed by atoms with E-state index >= 15 is 0 Å². The van der Waals surface area contributed by atoms with Gasteiger partial charge in [-0.3, -0.25) is 0 Å². The number of benzene rings is 5. The number of allylic oxidation sites excluding steroid dienone is 8. The molecule has 0 heterocycles. The van der Waals surface area contributed by atoms with Crippen LogP contribution < -0.4 is 21.9 Å². The van der Waals surface area contributed by atoms with E-state index in [0.29, 0.717) is 54.5 Å². The molecule has 0 radical (unpaired) electrons. The number of hydrogen-bond donors (Lipinski definition) is 4. The molecule has 0 saturated carbocycles. The van der Waals surface area contributed by atoms with E-state index in [-0.39, 0.29) is 28.4 Å². The van der Waals surface area contributed by atoms with Crippen LogP contribution in [-0.2, 0) is 0 Å². The van der Waals surface area contributed by atoms with Crippen LogP contribution in [0.4, 0.5) is 0 Å². The summed E-state index contributed by atoms with van der Waals surface area (Å²) < 4.78 is 0. The van der Waals surface area contributed by atoms with Crippen molar-refractivity contribution in [3.05, 3.63) is 102 Å². The molecule has 0 bridgehead atoms. The fraction of sp³-hybridized carbons (Fsp3) is 0.0811. The molecule has 5 aromatic carbocycles. The molecular weight excluding hydrogens is 552 g/mol. The lowest BCUT2D eigenvalue weighted by molar-refractivity contribution is 0.410. The standard InChI is InChI=1S/C37H32B4O4/c1-37-14-6-5-12-22(37)17-20(13-15-37)19-10-7-11-21(16-19)24-26-25(29(38)35(44)36(45)30(26)39)23(18-8-3-2-4-9-18)27-28(24)34(43)32(41)31(40)33(27)42/h2-14,16-17,42-45H,15,38-41H2,1H3. The zero-order valence-electron chi connectivity index (χ0n) is 26.2. The molecular formula is C37H32B4O4. The van der Waals surface area contributed by atoms with Crippen molar-refractivity contribution in [2.45, 2.75) is 13.3 Å². The van der Waals surface area contributed by atoms with E-state index in [1.54, 1.807) is 23.5 Å². The zero-order chi connectivity index (χ0) is 31.8. The summed E-state index contributed by atoms with van der Waals surface area (Å²) >= 11 is 0. The minimum atomic E-state index is -0.195. The highest BCUT2D eigenvalue weighted by molar-refractivity contribution is 6.56. The Bertz CT molecular complexity index is 2150. The maximum absolute atomic E-state index is 11.9. The van der Waals surface area contributed by atoms with Gasteiger partial charge in [0, 0.05) is 27.3 Å². The van der Waals surface area contributed by atoms with Crippen molar-refractivity contribution >= 4 is 80.4 Å². The summed E-state index contributed by atoms with van der Waals surface area (Å²) in [5.74, 6) is -0.225. The van der Waals surface area contributed by atoms with E-state index in [1.165, 1.54) is 5.57 Å². The predicted molar refractivity (Wildman–Crippen MR) is 199 cm³/mol. The Balaban J connectivity index is 1.64. The highest BCUT2D eigenvalue weighted by Crippen LogP contribution is 2.49. The SMILES string of the molecule is Bc1c(B)c(O)c2c(-c3cccc(C4=CCC5(C)C=CC=CC5=C4)c3)c3c(B)c(O)c(O)c(B)c3c(-c3ccccc3)c2c1O. The molecule has 0 aliphatic heterocycles. The second kappa shape index (κ2) is 10.3. The molecule has 1 unspecified atom stereocenters.